The highest BCUT2D eigenvalue weighted by Crippen LogP contribution is 2.33. The molecule has 0 amide bonds. The van der Waals surface area contributed by atoms with Crippen LogP contribution in [-0.4, -0.2) is 11.1 Å². The minimum Gasteiger partial charge on any atom is -0.478 e. The van der Waals surface area contributed by atoms with Crippen molar-refractivity contribution in [3.05, 3.63) is 33.4 Å². The molecule has 0 saturated heterocycles. The zero-order chi connectivity index (χ0) is 10.3. The number of carbonyl (C=O) groups is 1. The Kier molecular flexibility index (Phi) is 2.28. The minimum atomic E-state index is -1.24. The van der Waals surface area contributed by atoms with Crippen LogP contribution in [0.4, 0.5) is 4.39 Å². The molecule has 5 heteroatoms. The number of rotatable bonds is 1. The molecule has 0 bridgehead atoms. The van der Waals surface area contributed by atoms with Crippen LogP contribution < -0.4 is 0 Å². The second kappa shape index (κ2) is 3.33. The van der Waals surface area contributed by atoms with E-state index >= 15 is 0 Å². The first-order valence-electron chi connectivity index (χ1n) is 3.69. The molecule has 0 aliphatic carbocycles. The second-order valence-corrected chi connectivity index (χ2v) is 4.43. The molecule has 0 aliphatic rings. The molecule has 0 fully saturated rings. The van der Waals surface area contributed by atoms with Crippen molar-refractivity contribution in [1.29, 1.82) is 0 Å². The first-order valence-corrected chi connectivity index (χ1v) is 5.37. The number of thiophene rings is 1. The molecule has 0 saturated carbocycles. The number of halogens is 2. The van der Waals surface area contributed by atoms with E-state index < -0.39 is 11.8 Å². The zero-order valence-electron chi connectivity index (χ0n) is 6.75. The van der Waals surface area contributed by atoms with Crippen molar-refractivity contribution in [2.24, 2.45) is 0 Å². The highest BCUT2D eigenvalue weighted by atomic mass is 79.9. The van der Waals surface area contributed by atoms with Crippen LogP contribution in [0.15, 0.2) is 22.0 Å². The predicted octanol–water partition coefficient (Wildman–Crippen LogP) is 3.50. The summed E-state index contributed by atoms with van der Waals surface area (Å²) in [6.07, 6.45) is 0. The molecule has 0 spiro atoms. The maximum Gasteiger partial charge on any atom is 0.338 e. The first kappa shape index (κ1) is 9.61. The van der Waals surface area contributed by atoms with E-state index in [1.807, 2.05) is 0 Å². The summed E-state index contributed by atoms with van der Waals surface area (Å²) in [6, 6.07) is 2.87. The summed E-state index contributed by atoms with van der Waals surface area (Å²) in [5, 5.41) is 11.1. The van der Waals surface area contributed by atoms with Crippen molar-refractivity contribution in [2.75, 3.05) is 0 Å². The van der Waals surface area contributed by atoms with Gasteiger partial charge >= 0.3 is 5.97 Å². The van der Waals surface area contributed by atoms with Gasteiger partial charge in [-0.2, -0.15) is 0 Å². The van der Waals surface area contributed by atoms with Gasteiger partial charge in [0.15, 0.2) is 5.82 Å². The van der Waals surface area contributed by atoms with Gasteiger partial charge in [0.2, 0.25) is 0 Å². The molecule has 2 rings (SSSR count). The molecule has 0 radical (unpaired) electrons. The van der Waals surface area contributed by atoms with E-state index in [0.29, 0.717) is 10.1 Å². The largest absolute Gasteiger partial charge is 0.478 e. The van der Waals surface area contributed by atoms with E-state index in [1.54, 1.807) is 11.4 Å². The third-order valence-electron chi connectivity index (χ3n) is 1.87. The Morgan fingerprint density at radius 3 is 2.86 bits per heavy atom. The predicted molar refractivity (Wildman–Crippen MR) is 56.4 cm³/mol. The first-order chi connectivity index (χ1) is 6.61. The summed E-state index contributed by atoms with van der Waals surface area (Å²) in [6.45, 7) is 0. The molecular formula is C9H4BrFO2S. The summed E-state index contributed by atoms with van der Waals surface area (Å²) in [7, 11) is 0. The number of aromatic carboxylic acids is 1. The Morgan fingerprint density at radius 1 is 1.50 bits per heavy atom. The van der Waals surface area contributed by atoms with Crippen molar-refractivity contribution in [3.8, 4) is 0 Å². The summed E-state index contributed by atoms with van der Waals surface area (Å²) < 4.78 is 14.7. The van der Waals surface area contributed by atoms with Crippen molar-refractivity contribution in [2.45, 2.75) is 0 Å². The summed E-state index contributed by atoms with van der Waals surface area (Å²) in [4.78, 5) is 10.6. The van der Waals surface area contributed by atoms with Crippen molar-refractivity contribution in [1.82, 2.24) is 0 Å². The van der Waals surface area contributed by atoms with Gasteiger partial charge in [0, 0.05) is 15.2 Å². The Balaban J connectivity index is 2.82. The zero-order valence-corrected chi connectivity index (χ0v) is 9.15. The van der Waals surface area contributed by atoms with E-state index in [1.165, 1.54) is 17.4 Å². The average Bonchev–Trinajstić information content (AvgIpc) is 2.49. The normalized spacial score (nSPS) is 10.7. The molecule has 1 N–H and O–H groups in total. The molecule has 1 aromatic carbocycles. The molecule has 2 aromatic rings. The number of carboxylic acids is 1. The molecule has 1 aromatic heterocycles. The second-order valence-electron chi connectivity index (χ2n) is 2.69. The number of hydrogen-bond donors (Lipinski definition) is 1. The third kappa shape index (κ3) is 1.33. The van der Waals surface area contributed by atoms with Gasteiger partial charge in [0.1, 0.15) is 0 Å². The topological polar surface area (TPSA) is 37.3 Å². The Hall–Kier alpha value is -0.940. The summed E-state index contributed by atoms with van der Waals surface area (Å²) in [5.74, 6) is -1.90. The molecule has 0 atom stereocenters. The van der Waals surface area contributed by atoms with Crippen LogP contribution in [-0.2, 0) is 0 Å². The number of hydrogen-bond acceptors (Lipinski definition) is 2. The Labute approximate surface area is 91.1 Å². The molecule has 72 valence electrons. The van der Waals surface area contributed by atoms with Gasteiger partial charge in [-0.05, 0) is 22.0 Å². The highest BCUT2D eigenvalue weighted by Gasteiger charge is 2.15. The highest BCUT2D eigenvalue weighted by molar-refractivity contribution is 9.10. The molecule has 0 aliphatic heterocycles. The van der Waals surface area contributed by atoms with Crippen molar-refractivity contribution in [3.63, 3.8) is 0 Å². The quantitative estimate of drug-likeness (QED) is 0.864. The van der Waals surface area contributed by atoms with Gasteiger partial charge in [0.25, 0.3) is 0 Å². The van der Waals surface area contributed by atoms with Crippen LogP contribution >= 0.6 is 27.3 Å². The van der Waals surface area contributed by atoms with E-state index in [-0.39, 0.29) is 5.56 Å². The SMILES string of the molecule is O=C(O)c1ccc2c(Br)csc2c1F. The van der Waals surface area contributed by atoms with Crippen LogP contribution in [0, 0.1) is 5.82 Å². The molecule has 2 nitrogen and oxygen atoms in total. The number of benzene rings is 1. The van der Waals surface area contributed by atoms with Gasteiger partial charge in [0.05, 0.1) is 10.3 Å². The average molecular weight is 275 g/mol. The maximum atomic E-state index is 13.5. The monoisotopic (exact) mass is 274 g/mol. The molecule has 0 unspecified atom stereocenters. The lowest BCUT2D eigenvalue weighted by molar-refractivity contribution is 0.0692. The summed E-state index contributed by atoms with van der Waals surface area (Å²) in [5.41, 5.74) is -0.285. The van der Waals surface area contributed by atoms with E-state index in [4.69, 9.17) is 5.11 Å². The standard InChI is InChI=1S/C9H4BrFO2S/c10-6-3-14-8-4(6)1-2-5(7(8)11)9(12)13/h1-3H,(H,12,13). The van der Waals surface area contributed by atoms with Gasteiger partial charge in [-0.1, -0.05) is 6.07 Å². The van der Waals surface area contributed by atoms with E-state index in [2.05, 4.69) is 15.9 Å². The summed E-state index contributed by atoms with van der Waals surface area (Å²) >= 11 is 4.45. The maximum absolute atomic E-state index is 13.5. The third-order valence-corrected chi connectivity index (χ3v) is 3.81. The van der Waals surface area contributed by atoms with Crippen LogP contribution in [0.3, 0.4) is 0 Å². The lowest BCUT2D eigenvalue weighted by atomic mass is 10.1. The fraction of sp³-hybridized carbons (Fsp3) is 0. The van der Waals surface area contributed by atoms with Crippen LogP contribution in [0.1, 0.15) is 10.4 Å². The smallest absolute Gasteiger partial charge is 0.338 e. The van der Waals surface area contributed by atoms with Crippen molar-refractivity contribution < 1.29 is 14.3 Å². The number of carboxylic acid groups (broad SMARTS) is 1. The van der Waals surface area contributed by atoms with Crippen LogP contribution in [0.2, 0.25) is 0 Å². The fourth-order valence-electron chi connectivity index (χ4n) is 1.20. The lowest BCUT2D eigenvalue weighted by Crippen LogP contribution is -1.99. The van der Waals surface area contributed by atoms with E-state index in [9.17, 15) is 9.18 Å². The van der Waals surface area contributed by atoms with E-state index in [0.717, 1.165) is 4.47 Å². The van der Waals surface area contributed by atoms with Gasteiger partial charge in [-0.15, -0.1) is 11.3 Å². The minimum absolute atomic E-state index is 0.285. The molecule has 1 heterocycles. The molecular weight excluding hydrogens is 271 g/mol. The van der Waals surface area contributed by atoms with Crippen LogP contribution in [0.25, 0.3) is 10.1 Å². The Morgan fingerprint density at radius 2 is 2.21 bits per heavy atom. The van der Waals surface area contributed by atoms with Gasteiger partial charge in [-0.25, -0.2) is 9.18 Å². The Bertz CT molecular complexity index is 521. The van der Waals surface area contributed by atoms with Crippen LogP contribution in [0.5, 0.6) is 0 Å². The lowest BCUT2D eigenvalue weighted by Gasteiger charge is -1.98. The van der Waals surface area contributed by atoms with Gasteiger partial charge in [-0.3, -0.25) is 0 Å². The fourth-order valence-corrected chi connectivity index (χ4v) is 2.81. The van der Waals surface area contributed by atoms with Gasteiger partial charge < -0.3 is 5.11 Å². The number of fused-ring (bicyclic) bond motifs is 1. The molecule has 14 heavy (non-hydrogen) atoms. The van der Waals surface area contributed by atoms with Crippen molar-refractivity contribution >= 4 is 43.3 Å².